The smallest absolute Gasteiger partial charge is 0.417 e. The number of aliphatic carboxylic acids is 2. The Labute approximate surface area is 166 Å². The van der Waals surface area contributed by atoms with Crippen LogP contribution in [0.5, 0.6) is 0 Å². The molecule has 0 fully saturated rings. The molecule has 2 aromatic carbocycles. The minimum absolute atomic E-state index is 0.160. The van der Waals surface area contributed by atoms with Crippen LogP contribution >= 0.6 is 0 Å². The second-order valence-electron chi connectivity index (χ2n) is 5.52. The summed E-state index contributed by atoms with van der Waals surface area (Å²) in [5.74, 6) is -3.24. The molecular formula is C20H14F6O4. The zero-order valence-electron chi connectivity index (χ0n) is 14.9. The predicted molar refractivity (Wildman–Crippen MR) is 96.2 cm³/mol. The molecule has 10 heteroatoms. The highest BCUT2D eigenvalue weighted by Gasteiger charge is 2.36. The van der Waals surface area contributed by atoms with Gasteiger partial charge in [0.15, 0.2) is 0 Å². The zero-order chi connectivity index (χ0) is 22.9. The van der Waals surface area contributed by atoms with E-state index < -0.39 is 35.4 Å². The predicted octanol–water partition coefficient (Wildman–Crippen LogP) is 5.43. The highest BCUT2D eigenvalue weighted by atomic mass is 19.4. The number of carboxylic acid groups (broad SMARTS) is 2. The quantitative estimate of drug-likeness (QED) is 0.499. The third-order valence-electron chi connectivity index (χ3n) is 3.32. The fraction of sp³-hybridized carbons (Fsp3) is 0.100. The van der Waals surface area contributed by atoms with Crippen molar-refractivity contribution in [3.63, 3.8) is 0 Å². The number of halogens is 6. The van der Waals surface area contributed by atoms with Crippen molar-refractivity contribution in [2.45, 2.75) is 12.4 Å². The standard InChI is InChI=1S/2C10H7F3O2/c2*11-10(12,13)8(6-9(14)15)7-4-2-1-3-5-7/h2*1-6H,(H,14,15). The number of carbonyl (C=O) groups is 2. The normalized spacial score (nSPS) is 12.6. The number of rotatable bonds is 4. The number of allylic oxidation sites excluding steroid dienone is 2. The number of carboxylic acids is 2. The molecule has 0 aliphatic carbocycles. The van der Waals surface area contributed by atoms with Crippen LogP contribution in [0, 0.1) is 0 Å². The molecule has 0 amide bonds. The van der Waals surface area contributed by atoms with Gasteiger partial charge in [-0.05, 0) is 11.1 Å². The molecule has 0 unspecified atom stereocenters. The zero-order valence-corrected chi connectivity index (χ0v) is 14.9. The molecule has 0 heterocycles. The summed E-state index contributed by atoms with van der Waals surface area (Å²) < 4.78 is 74.6. The van der Waals surface area contributed by atoms with E-state index >= 15 is 0 Å². The maximum atomic E-state index is 12.4. The van der Waals surface area contributed by atoms with Crippen LogP contribution in [0.1, 0.15) is 11.1 Å². The lowest BCUT2D eigenvalue weighted by atomic mass is 10.1. The van der Waals surface area contributed by atoms with Crippen LogP contribution in [0.3, 0.4) is 0 Å². The summed E-state index contributed by atoms with van der Waals surface area (Å²) in [5, 5.41) is 16.7. The van der Waals surface area contributed by atoms with Crippen LogP contribution in [-0.2, 0) is 9.59 Å². The van der Waals surface area contributed by atoms with Crippen LogP contribution in [0.4, 0.5) is 26.3 Å². The lowest BCUT2D eigenvalue weighted by Crippen LogP contribution is -2.12. The summed E-state index contributed by atoms with van der Waals surface area (Å²) in [6.07, 6.45) is -9.01. The lowest BCUT2D eigenvalue weighted by Gasteiger charge is -2.10. The Morgan fingerprint density at radius 3 is 1.07 bits per heavy atom. The summed E-state index contributed by atoms with van der Waals surface area (Å²) in [5.41, 5.74) is -2.63. The van der Waals surface area contributed by atoms with Gasteiger partial charge in [-0.3, -0.25) is 0 Å². The average Bonchev–Trinajstić information content (AvgIpc) is 2.64. The van der Waals surface area contributed by atoms with Gasteiger partial charge in [0, 0.05) is 12.2 Å². The monoisotopic (exact) mass is 432 g/mol. The van der Waals surface area contributed by atoms with E-state index in [9.17, 15) is 35.9 Å². The molecule has 0 aliphatic rings. The first kappa shape index (κ1) is 24.5. The minimum atomic E-state index is -4.67. The second kappa shape index (κ2) is 10.3. The van der Waals surface area contributed by atoms with E-state index in [1.165, 1.54) is 48.5 Å². The Kier molecular flexibility index (Phi) is 8.39. The molecule has 0 spiro atoms. The van der Waals surface area contributed by atoms with Crippen LogP contribution in [-0.4, -0.2) is 34.5 Å². The Morgan fingerprint density at radius 1 is 0.600 bits per heavy atom. The maximum absolute atomic E-state index is 12.4. The van der Waals surface area contributed by atoms with Crippen LogP contribution in [0.15, 0.2) is 72.8 Å². The van der Waals surface area contributed by atoms with Crippen LogP contribution < -0.4 is 0 Å². The second-order valence-corrected chi connectivity index (χ2v) is 5.52. The number of hydrogen-bond acceptors (Lipinski definition) is 2. The van der Waals surface area contributed by atoms with Gasteiger partial charge in [0.25, 0.3) is 0 Å². The van der Waals surface area contributed by atoms with E-state index in [2.05, 4.69) is 0 Å². The SMILES string of the molecule is O=C(O)C=C(c1ccccc1)C(F)(F)F.O=C(O)C=C(c1ccccc1)C(F)(F)F. The molecule has 0 saturated heterocycles. The molecule has 2 aromatic rings. The van der Waals surface area contributed by atoms with Crippen molar-refractivity contribution in [1.82, 2.24) is 0 Å². The fourth-order valence-electron chi connectivity index (χ4n) is 2.14. The molecule has 0 bridgehead atoms. The third-order valence-corrected chi connectivity index (χ3v) is 3.32. The highest BCUT2D eigenvalue weighted by Crippen LogP contribution is 2.34. The van der Waals surface area contributed by atoms with Gasteiger partial charge in [-0.1, -0.05) is 60.7 Å². The Bertz CT molecular complexity index is 836. The topological polar surface area (TPSA) is 74.6 Å². The van der Waals surface area contributed by atoms with Crippen LogP contribution in [0.25, 0.3) is 11.1 Å². The van der Waals surface area contributed by atoms with E-state index in [-0.39, 0.29) is 23.3 Å². The molecule has 4 nitrogen and oxygen atoms in total. The molecule has 0 saturated carbocycles. The third kappa shape index (κ3) is 8.21. The van der Waals surface area contributed by atoms with E-state index in [1.54, 1.807) is 12.1 Å². The summed E-state index contributed by atoms with van der Waals surface area (Å²) in [6, 6.07) is 13.6. The van der Waals surface area contributed by atoms with Gasteiger partial charge in [-0.15, -0.1) is 0 Å². The summed E-state index contributed by atoms with van der Waals surface area (Å²) in [7, 11) is 0. The van der Waals surface area contributed by atoms with Crippen molar-refractivity contribution in [3.8, 4) is 0 Å². The van der Waals surface area contributed by atoms with Gasteiger partial charge in [0.1, 0.15) is 0 Å². The van der Waals surface area contributed by atoms with Gasteiger partial charge in [-0.25, -0.2) is 9.59 Å². The number of benzene rings is 2. The first-order chi connectivity index (χ1) is 13.8. The van der Waals surface area contributed by atoms with Gasteiger partial charge in [0.2, 0.25) is 0 Å². The van der Waals surface area contributed by atoms with E-state index in [0.717, 1.165) is 0 Å². The molecule has 2 N–H and O–H groups in total. The molecule has 0 atom stereocenters. The molecule has 0 radical (unpaired) electrons. The van der Waals surface area contributed by atoms with Crippen molar-refractivity contribution in [1.29, 1.82) is 0 Å². The van der Waals surface area contributed by atoms with Crippen molar-refractivity contribution in [3.05, 3.63) is 83.9 Å². The fourth-order valence-corrected chi connectivity index (χ4v) is 2.14. The van der Waals surface area contributed by atoms with Gasteiger partial charge >= 0.3 is 24.3 Å². The van der Waals surface area contributed by atoms with Crippen molar-refractivity contribution in [2.24, 2.45) is 0 Å². The van der Waals surface area contributed by atoms with E-state index in [1.807, 2.05) is 0 Å². The van der Waals surface area contributed by atoms with E-state index in [4.69, 9.17) is 10.2 Å². The van der Waals surface area contributed by atoms with E-state index in [0.29, 0.717) is 0 Å². The van der Waals surface area contributed by atoms with Gasteiger partial charge < -0.3 is 10.2 Å². The Morgan fingerprint density at radius 2 is 0.867 bits per heavy atom. The van der Waals surface area contributed by atoms with Crippen LogP contribution in [0.2, 0.25) is 0 Å². The Hall–Kier alpha value is -3.56. The summed E-state index contributed by atoms with van der Waals surface area (Å²) >= 11 is 0. The molecule has 0 aromatic heterocycles. The van der Waals surface area contributed by atoms with Crippen molar-refractivity contribution in [2.75, 3.05) is 0 Å². The van der Waals surface area contributed by atoms with Crippen molar-refractivity contribution < 1.29 is 46.1 Å². The largest absolute Gasteiger partial charge is 0.478 e. The summed E-state index contributed by atoms with van der Waals surface area (Å²) in [4.78, 5) is 20.5. The molecular weight excluding hydrogens is 418 g/mol. The number of hydrogen-bond donors (Lipinski definition) is 2. The first-order valence-corrected chi connectivity index (χ1v) is 7.97. The number of alkyl halides is 6. The molecule has 2 rings (SSSR count). The lowest BCUT2D eigenvalue weighted by molar-refractivity contribution is -0.132. The highest BCUT2D eigenvalue weighted by molar-refractivity contribution is 5.92. The first-order valence-electron chi connectivity index (χ1n) is 7.97. The molecule has 0 aliphatic heterocycles. The van der Waals surface area contributed by atoms with Crippen molar-refractivity contribution >= 4 is 23.1 Å². The molecule has 160 valence electrons. The molecule has 30 heavy (non-hydrogen) atoms. The maximum Gasteiger partial charge on any atom is 0.417 e. The van der Waals surface area contributed by atoms with Gasteiger partial charge in [-0.2, -0.15) is 26.3 Å². The van der Waals surface area contributed by atoms with Gasteiger partial charge in [0.05, 0.1) is 11.1 Å². The average molecular weight is 432 g/mol. The minimum Gasteiger partial charge on any atom is -0.478 e. The Balaban J connectivity index is 0.000000300. The summed E-state index contributed by atoms with van der Waals surface area (Å²) in [6.45, 7) is 0.